The van der Waals surface area contributed by atoms with Crippen LogP contribution in [0.25, 0.3) is 0 Å². The van der Waals surface area contributed by atoms with E-state index in [1.54, 1.807) is 31.3 Å². The number of methoxy groups -OCH3 is 1. The van der Waals surface area contributed by atoms with Crippen LogP contribution in [0.4, 0.5) is 0 Å². The highest BCUT2D eigenvalue weighted by Crippen LogP contribution is 2.38. The van der Waals surface area contributed by atoms with Gasteiger partial charge in [0.2, 0.25) is 0 Å². The van der Waals surface area contributed by atoms with Gasteiger partial charge in [0.05, 0.1) is 7.11 Å². The van der Waals surface area contributed by atoms with E-state index in [1.165, 1.54) is 5.56 Å². The molecule has 1 heterocycles. The van der Waals surface area contributed by atoms with E-state index in [4.69, 9.17) is 10.5 Å². The minimum atomic E-state index is 0.212. The Hall–Kier alpha value is -1.52. The summed E-state index contributed by atoms with van der Waals surface area (Å²) < 4.78 is 5.35. The number of thioether (sulfide) groups is 1. The Balaban J connectivity index is 2.21. The molecule has 0 fully saturated rings. The number of benzene rings is 1. The fourth-order valence-electron chi connectivity index (χ4n) is 1.70. The van der Waals surface area contributed by atoms with Gasteiger partial charge in [0.1, 0.15) is 5.75 Å². The molecule has 3 nitrogen and oxygen atoms in total. The summed E-state index contributed by atoms with van der Waals surface area (Å²) in [5.41, 5.74) is 7.05. The molecule has 0 spiro atoms. The summed E-state index contributed by atoms with van der Waals surface area (Å²) in [6.45, 7) is 0.576. The third kappa shape index (κ3) is 3.03. The van der Waals surface area contributed by atoms with Crippen LogP contribution in [-0.2, 0) is 0 Å². The quantitative estimate of drug-likeness (QED) is 0.840. The molecule has 4 heteroatoms. The number of hydrogen-bond donors (Lipinski definition) is 1. The van der Waals surface area contributed by atoms with Crippen molar-refractivity contribution in [2.24, 2.45) is 5.73 Å². The molecule has 0 aliphatic rings. The summed E-state index contributed by atoms with van der Waals surface area (Å²) in [5.74, 6) is 0.884. The van der Waals surface area contributed by atoms with Crippen molar-refractivity contribution in [3.05, 3.63) is 54.4 Å². The van der Waals surface area contributed by atoms with Gasteiger partial charge in [-0.15, -0.1) is 11.8 Å². The van der Waals surface area contributed by atoms with Crippen molar-refractivity contribution in [1.29, 1.82) is 0 Å². The summed E-state index contributed by atoms with van der Waals surface area (Å²) in [5, 5.41) is 0.212. The number of ether oxygens (including phenoxy) is 1. The van der Waals surface area contributed by atoms with Gasteiger partial charge in [0.25, 0.3) is 0 Å². The van der Waals surface area contributed by atoms with Crippen molar-refractivity contribution >= 4 is 11.8 Å². The van der Waals surface area contributed by atoms with Crippen LogP contribution in [-0.4, -0.2) is 18.6 Å². The van der Waals surface area contributed by atoms with Crippen LogP contribution in [0.2, 0.25) is 0 Å². The normalized spacial score (nSPS) is 12.1. The molecule has 2 N–H and O–H groups in total. The number of rotatable bonds is 5. The third-order valence-electron chi connectivity index (χ3n) is 2.63. The third-order valence-corrected chi connectivity index (χ3v) is 3.97. The van der Waals surface area contributed by atoms with Gasteiger partial charge in [-0.3, -0.25) is 4.98 Å². The topological polar surface area (TPSA) is 48.1 Å². The van der Waals surface area contributed by atoms with Crippen LogP contribution in [0.3, 0.4) is 0 Å². The molecule has 0 aliphatic carbocycles. The number of nitrogens with two attached hydrogens (primary N) is 1. The molecule has 2 rings (SSSR count). The molecule has 2 aromatic rings. The fraction of sp³-hybridized carbons (Fsp3) is 0.214. The first-order valence-corrected chi connectivity index (χ1v) is 6.62. The Kier molecular flexibility index (Phi) is 4.61. The Morgan fingerprint density at radius 2 is 1.94 bits per heavy atom. The lowest BCUT2D eigenvalue weighted by atomic mass is 10.2. The van der Waals surface area contributed by atoms with Crippen molar-refractivity contribution in [2.75, 3.05) is 13.7 Å². The van der Waals surface area contributed by atoms with Crippen molar-refractivity contribution < 1.29 is 4.74 Å². The second-order valence-corrected chi connectivity index (χ2v) is 5.02. The molecular weight excluding hydrogens is 244 g/mol. The van der Waals surface area contributed by atoms with Gasteiger partial charge in [0, 0.05) is 29.1 Å². The van der Waals surface area contributed by atoms with Gasteiger partial charge < -0.3 is 10.5 Å². The Morgan fingerprint density at radius 1 is 1.22 bits per heavy atom. The van der Waals surface area contributed by atoms with E-state index < -0.39 is 0 Å². The van der Waals surface area contributed by atoms with Crippen molar-refractivity contribution in [3.63, 3.8) is 0 Å². The highest BCUT2D eigenvalue weighted by Gasteiger charge is 2.13. The highest BCUT2D eigenvalue weighted by atomic mass is 32.2. The zero-order valence-corrected chi connectivity index (χ0v) is 11.1. The molecule has 1 unspecified atom stereocenters. The number of hydrogen-bond acceptors (Lipinski definition) is 4. The van der Waals surface area contributed by atoms with Gasteiger partial charge in [-0.2, -0.15) is 0 Å². The summed E-state index contributed by atoms with van der Waals surface area (Å²) in [6.07, 6.45) is 3.58. The molecule has 0 bridgehead atoms. The Morgan fingerprint density at radius 3 is 2.61 bits per heavy atom. The van der Waals surface area contributed by atoms with Crippen LogP contribution < -0.4 is 10.5 Å². The van der Waals surface area contributed by atoms with Crippen molar-refractivity contribution in [2.45, 2.75) is 10.1 Å². The maximum absolute atomic E-state index is 5.86. The average molecular weight is 260 g/mol. The number of nitrogens with zero attached hydrogens (tertiary/aromatic N) is 1. The predicted molar refractivity (Wildman–Crippen MR) is 74.9 cm³/mol. The van der Waals surface area contributed by atoms with E-state index in [-0.39, 0.29) is 5.25 Å². The smallest absolute Gasteiger partial charge is 0.132 e. The SMILES string of the molecule is COc1ccccc1SC(CN)c1ccncc1. The van der Waals surface area contributed by atoms with E-state index in [2.05, 4.69) is 4.98 Å². The van der Waals surface area contributed by atoms with Crippen molar-refractivity contribution in [1.82, 2.24) is 4.98 Å². The maximum atomic E-state index is 5.86. The highest BCUT2D eigenvalue weighted by molar-refractivity contribution is 7.99. The Bertz CT molecular complexity index is 490. The lowest BCUT2D eigenvalue weighted by Crippen LogP contribution is -2.09. The van der Waals surface area contributed by atoms with E-state index in [1.807, 2.05) is 36.4 Å². The minimum Gasteiger partial charge on any atom is -0.496 e. The van der Waals surface area contributed by atoms with Gasteiger partial charge in [-0.05, 0) is 29.8 Å². The number of para-hydroxylation sites is 1. The maximum Gasteiger partial charge on any atom is 0.132 e. The molecule has 0 amide bonds. The summed E-state index contributed by atoms with van der Waals surface area (Å²) in [6, 6.07) is 12.0. The van der Waals surface area contributed by atoms with Crippen LogP contribution in [0.1, 0.15) is 10.8 Å². The van der Waals surface area contributed by atoms with Gasteiger partial charge in [-0.1, -0.05) is 12.1 Å². The molecule has 0 aliphatic heterocycles. The first-order chi connectivity index (χ1) is 8.85. The largest absolute Gasteiger partial charge is 0.496 e. The average Bonchev–Trinajstić information content (AvgIpc) is 2.46. The standard InChI is InChI=1S/C14H16N2OS/c1-17-12-4-2-3-5-13(12)18-14(10-15)11-6-8-16-9-7-11/h2-9,14H,10,15H2,1H3. The summed E-state index contributed by atoms with van der Waals surface area (Å²) in [7, 11) is 1.68. The lowest BCUT2D eigenvalue weighted by Gasteiger charge is -2.16. The van der Waals surface area contributed by atoms with Gasteiger partial charge in [-0.25, -0.2) is 0 Å². The van der Waals surface area contributed by atoms with Crippen molar-refractivity contribution in [3.8, 4) is 5.75 Å². The van der Waals surface area contributed by atoms with E-state index in [0.29, 0.717) is 6.54 Å². The molecule has 18 heavy (non-hydrogen) atoms. The fourth-order valence-corrected chi connectivity index (χ4v) is 2.82. The minimum absolute atomic E-state index is 0.212. The molecule has 0 radical (unpaired) electrons. The predicted octanol–water partition coefficient (Wildman–Crippen LogP) is 2.88. The Labute approximate surface area is 111 Å². The van der Waals surface area contributed by atoms with E-state index >= 15 is 0 Å². The molecule has 1 atom stereocenters. The lowest BCUT2D eigenvalue weighted by molar-refractivity contribution is 0.404. The summed E-state index contributed by atoms with van der Waals surface area (Å²) >= 11 is 1.72. The van der Waals surface area contributed by atoms with Gasteiger partial charge in [0.15, 0.2) is 0 Å². The first-order valence-electron chi connectivity index (χ1n) is 5.75. The molecule has 94 valence electrons. The zero-order valence-electron chi connectivity index (χ0n) is 10.2. The van der Waals surface area contributed by atoms with E-state index in [9.17, 15) is 0 Å². The second-order valence-electron chi connectivity index (χ2n) is 3.77. The zero-order chi connectivity index (χ0) is 12.8. The molecular formula is C14H16N2OS. The molecule has 1 aromatic carbocycles. The number of pyridine rings is 1. The van der Waals surface area contributed by atoms with Crippen LogP contribution >= 0.6 is 11.8 Å². The van der Waals surface area contributed by atoms with Crippen LogP contribution in [0.15, 0.2) is 53.7 Å². The monoisotopic (exact) mass is 260 g/mol. The summed E-state index contributed by atoms with van der Waals surface area (Å²) in [4.78, 5) is 5.13. The van der Waals surface area contributed by atoms with E-state index in [0.717, 1.165) is 10.6 Å². The second kappa shape index (κ2) is 6.42. The van der Waals surface area contributed by atoms with Crippen LogP contribution in [0.5, 0.6) is 5.75 Å². The number of aromatic nitrogens is 1. The molecule has 1 aromatic heterocycles. The first kappa shape index (κ1) is 12.9. The van der Waals surface area contributed by atoms with Crippen LogP contribution in [0, 0.1) is 0 Å². The molecule has 0 saturated heterocycles. The van der Waals surface area contributed by atoms with Gasteiger partial charge >= 0.3 is 0 Å². The molecule has 0 saturated carbocycles.